The van der Waals surface area contributed by atoms with Crippen molar-refractivity contribution in [3.63, 3.8) is 0 Å². The summed E-state index contributed by atoms with van der Waals surface area (Å²) in [4.78, 5) is 0. The van der Waals surface area contributed by atoms with Gasteiger partial charge in [-0.3, -0.25) is 0 Å². The second-order valence-corrected chi connectivity index (χ2v) is 7.18. The van der Waals surface area contributed by atoms with Crippen LogP contribution in [0.2, 0.25) is 0 Å². The van der Waals surface area contributed by atoms with E-state index in [4.69, 9.17) is 19.9 Å². The van der Waals surface area contributed by atoms with Crippen molar-refractivity contribution >= 4 is 11.8 Å². The second kappa shape index (κ2) is 8.59. The Balaban J connectivity index is 1.70. The zero-order valence-corrected chi connectivity index (χ0v) is 13.5. The highest BCUT2D eigenvalue weighted by atomic mass is 32.2. The van der Waals surface area contributed by atoms with E-state index in [0.29, 0.717) is 19.1 Å². The van der Waals surface area contributed by atoms with Crippen LogP contribution in [-0.4, -0.2) is 56.7 Å². The van der Waals surface area contributed by atoms with Gasteiger partial charge in [0.05, 0.1) is 18.8 Å². The number of rotatable bonds is 7. The molecule has 2 rings (SSSR count). The van der Waals surface area contributed by atoms with Crippen molar-refractivity contribution in [2.45, 2.75) is 43.7 Å². The maximum Gasteiger partial charge on any atom is 0.0701 e. The van der Waals surface area contributed by atoms with Crippen LogP contribution in [0.15, 0.2) is 0 Å². The average Bonchev–Trinajstić information content (AvgIpc) is 2.48. The van der Waals surface area contributed by atoms with Gasteiger partial charge in [0.1, 0.15) is 0 Å². The minimum absolute atomic E-state index is 0.142. The standard InChI is InChI=1S/C15H29NO3S/c1-17-8-9-18-6-3-14(16)13-2-7-19-15(12-13)4-10-20-11-5-15/h13-14H,2-12,16H2,1H3. The summed E-state index contributed by atoms with van der Waals surface area (Å²) >= 11 is 2.05. The third kappa shape index (κ3) is 4.88. The monoisotopic (exact) mass is 303 g/mol. The molecule has 0 radical (unpaired) electrons. The lowest BCUT2D eigenvalue weighted by Gasteiger charge is -2.44. The Morgan fingerprint density at radius 1 is 1.30 bits per heavy atom. The molecule has 5 heteroatoms. The van der Waals surface area contributed by atoms with Gasteiger partial charge >= 0.3 is 0 Å². The molecule has 0 saturated carbocycles. The number of hydrogen-bond donors (Lipinski definition) is 1. The third-order valence-electron chi connectivity index (χ3n) is 4.57. The molecule has 0 amide bonds. The lowest BCUT2D eigenvalue weighted by Crippen LogP contribution is -2.47. The Labute approximate surface area is 127 Å². The van der Waals surface area contributed by atoms with Crippen molar-refractivity contribution in [1.82, 2.24) is 0 Å². The molecule has 2 N–H and O–H groups in total. The van der Waals surface area contributed by atoms with E-state index < -0.39 is 0 Å². The highest BCUT2D eigenvalue weighted by Crippen LogP contribution is 2.40. The molecule has 118 valence electrons. The van der Waals surface area contributed by atoms with E-state index in [1.54, 1.807) is 7.11 Å². The van der Waals surface area contributed by atoms with E-state index in [1.807, 2.05) is 0 Å². The van der Waals surface area contributed by atoms with Crippen molar-refractivity contribution in [2.24, 2.45) is 11.7 Å². The fourth-order valence-electron chi connectivity index (χ4n) is 3.22. The average molecular weight is 303 g/mol. The van der Waals surface area contributed by atoms with Crippen molar-refractivity contribution in [1.29, 1.82) is 0 Å². The molecule has 2 atom stereocenters. The number of methoxy groups -OCH3 is 1. The first-order valence-corrected chi connectivity index (χ1v) is 8.95. The molecule has 2 heterocycles. The molecule has 1 spiro atoms. The quantitative estimate of drug-likeness (QED) is 0.730. The summed E-state index contributed by atoms with van der Waals surface area (Å²) in [5, 5.41) is 0. The molecule has 2 unspecified atom stereocenters. The molecular weight excluding hydrogens is 274 g/mol. The molecule has 2 fully saturated rings. The maximum absolute atomic E-state index is 6.38. The Morgan fingerprint density at radius 3 is 2.85 bits per heavy atom. The largest absolute Gasteiger partial charge is 0.382 e. The van der Waals surface area contributed by atoms with Crippen molar-refractivity contribution in [3.05, 3.63) is 0 Å². The molecule has 0 aromatic heterocycles. The summed E-state index contributed by atoms with van der Waals surface area (Å²) in [6.45, 7) is 2.95. The van der Waals surface area contributed by atoms with Crippen LogP contribution < -0.4 is 5.73 Å². The first-order chi connectivity index (χ1) is 9.76. The van der Waals surface area contributed by atoms with E-state index in [9.17, 15) is 0 Å². The maximum atomic E-state index is 6.38. The Kier molecular flexibility index (Phi) is 7.11. The SMILES string of the molecule is COCCOCCC(N)C1CCOC2(CCSCC2)C1. The molecule has 4 nitrogen and oxygen atoms in total. The summed E-state index contributed by atoms with van der Waals surface area (Å²) in [6, 6.07) is 0.243. The van der Waals surface area contributed by atoms with E-state index in [1.165, 1.54) is 24.3 Å². The van der Waals surface area contributed by atoms with Gasteiger partial charge in [-0.2, -0.15) is 11.8 Å². The van der Waals surface area contributed by atoms with E-state index >= 15 is 0 Å². The van der Waals surface area contributed by atoms with Crippen LogP contribution in [-0.2, 0) is 14.2 Å². The lowest BCUT2D eigenvalue weighted by molar-refractivity contribution is -0.106. The van der Waals surface area contributed by atoms with Crippen LogP contribution in [0, 0.1) is 5.92 Å². The fraction of sp³-hybridized carbons (Fsp3) is 1.00. The van der Waals surface area contributed by atoms with E-state index in [-0.39, 0.29) is 11.6 Å². The van der Waals surface area contributed by atoms with Gasteiger partial charge in [0, 0.05) is 26.4 Å². The molecule has 20 heavy (non-hydrogen) atoms. The zero-order valence-electron chi connectivity index (χ0n) is 12.6. The van der Waals surface area contributed by atoms with Crippen molar-refractivity contribution in [2.75, 3.05) is 45.0 Å². The van der Waals surface area contributed by atoms with Gasteiger partial charge in [0.2, 0.25) is 0 Å². The molecule has 0 aromatic carbocycles. The Bertz CT molecular complexity index is 266. The van der Waals surface area contributed by atoms with Crippen LogP contribution in [0.5, 0.6) is 0 Å². The summed E-state index contributed by atoms with van der Waals surface area (Å²) < 4.78 is 16.6. The molecule has 2 aliphatic heterocycles. The minimum atomic E-state index is 0.142. The predicted octanol–water partition coefficient (Wildman–Crippen LogP) is 2.06. The van der Waals surface area contributed by atoms with Crippen LogP contribution >= 0.6 is 11.8 Å². The summed E-state index contributed by atoms with van der Waals surface area (Å²) in [7, 11) is 1.69. The molecule has 2 aliphatic rings. The van der Waals surface area contributed by atoms with Gasteiger partial charge in [-0.1, -0.05) is 0 Å². The Hall–Kier alpha value is 0.190. The highest BCUT2D eigenvalue weighted by molar-refractivity contribution is 7.99. The van der Waals surface area contributed by atoms with Gasteiger partial charge in [0.15, 0.2) is 0 Å². The Morgan fingerprint density at radius 2 is 2.10 bits per heavy atom. The molecule has 2 saturated heterocycles. The first kappa shape index (κ1) is 16.6. The number of ether oxygens (including phenoxy) is 3. The van der Waals surface area contributed by atoms with E-state index in [0.717, 1.165) is 32.5 Å². The normalized spacial score (nSPS) is 27.6. The smallest absolute Gasteiger partial charge is 0.0701 e. The van der Waals surface area contributed by atoms with Crippen molar-refractivity contribution in [3.8, 4) is 0 Å². The zero-order chi connectivity index (χ0) is 14.3. The second-order valence-electron chi connectivity index (χ2n) is 5.95. The van der Waals surface area contributed by atoms with Gasteiger partial charge in [-0.15, -0.1) is 0 Å². The summed E-state index contributed by atoms with van der Waals surface area (Å²) in [5.41, 5.74) is 6.52. The molecule has 0 bridgehead atoms. The van der Waals surface area contributed by atoms with Crippen LogP contribution in [0.4, 0.5) is 0 Å². The molecule has 0 aliphatic carbocycles. The lowest BCUT2D eigenvalue weighted by atomic mass is 9.78. The minimum Gasteiger partial charge on any atom is -0.382 e. The fourth-order valence-corrected chi connectivity index (χ4v) is 4.46. The molecule has 0 aromatic rings. The highest BCUT2D eigenvalue weighted by Gasteiger charge is 2.40. The first-order valence-electron chi connectivity index (χ1n) is 7.80. The summed E-state index contributed by atoms with van der Waals surface area (Å²) in [5.74, 6) is 3.07. The topological polar surface area (TPSA) is 53.7 Å². The number of hydrogen-bond acceptors (Lipinski definition) is 5. The van der Waals surface area contributed by atoms with Crippen LogP contribution in [0.3, 0.4) is 0 Å². The van der Waals surface area contributed by atoms with Crippen LogP contribution in [0.25, 0.3) is 0 Å². The molecular formula is C15H29NO3S. The third-order valence-corrected chi connectivity index (χ3v) is 5.55. The number of nitrogens with two attached hydrogens (primary N) is 1. The number of thioether (sulfide) groups is 1. The van der Waals surface area contributed by atoms with Crippen molar-refractivity contribution < 1.29 is 14.2 Å². The van der Waals surface area contributed by atoms with Gasteiger partial charge in [0.25, 0.3) is 0 Å². The van der Waals surface area contributed by atoms with Gasteiger partial charge < -0.3 is 19.9 Å². The summed E-state index contributed by atoms with van der Waals surface area (Å²) in [6.07, 6.45) is 5.59. The predicted molar refractivity (Wildman–Crippen MR) is 83.3 cm³/mol. The van der Waals surface area contributed by atoms with Gasteiger partial charge in [-0.05, 0) is 49.5 Å². The van der Waals surface area contributed by atoms with Crippen LogP contribution in [0.1, 0.15) is 32.1 Å². The van der Waals surface area contributed by atoms with Gasteiger partial charge in [-0.25, -0.2) is 0 Å². The van der Waals surface area contributed by atoms with E-state index in [2.05, 4.69) is 11.8 Å².